The van der Waals surface area contributed by atoms with Crippen molar-refractivity contribution in [1.29, 1.82) is 0 Å². The molecule has 30 heavy (non-hydrogen) atoms. The van der Waals surface area contributed by atoms with Gasteiger partial charge in [0.15, 0.2) is 0 Å². The largest absolute Gasteiger partial charge is 0.290 e. The molecule has 2 aromatic carbocycles. The molecular weight excluding hydrogens is 440 g/mol. The smallest absolute Gasteiger partial charge is 0.263 e. The Kier molecular flexibility index (Phi) is 6.38. The van der Waals surface area contributed by atoms with Crippen LogP contribution in [0.4, 0.5) is 5.13 Å². The van der Waals surface area contributed by atoms with E-state index in [1.807, 2.05) is 12.1 Å². The normalized spacial score (nSPS) is 18.8. The number of likely N-dealkylation sites (tertiary alicyclic amines) is 1. The highest BCUT2D eigenvalue weighted by molar-refractivity contribution is 7.93. The van der Waals surface area contributed by atoms with Gasteiger partial charge in [0, 0.05) is 28.6 Å². The summed E-state index contributed by atoms with van der Waals surface area (Å²) in [7, 11) is -3.77. The lowest BCUT2D eigenvalue weighted by molar-refractivity contribution is 0.103. The summed E-state index contributed by atoms with van der Waals surface area (Å²) < 4.78 is 31.5. The van der Waals surface area contributed by atoms with Crippen LogP contribution in [0, 0.1) is 0 Å². The van der Waals surface area contributed by atoms with Gasteiger partial charge in [-0.25, -0.2) is 13.4 Å². The summed E-state index contributed by atoms with van der Waals surface area (Å²) in [4.78, 5) is 6.45. The molecule has 1 aliphatic rings. The van der Waals surface area contributed by atoms with Crippen molar-refractivity contribution in [2.24, 2.45) is 0 Å². The van der Waals surface area contributed by atoms with E-state index in [1.165, 1.54) is 24.4 Å². The number of benzene rings is 2. The Labute approximate surface area is 186 Å². The number of rotatable bonds is 6. The highest BCUT2D eigenvalue weighted by atomic mass is 35.5. The van der Waals surface area contributed by atoms with E-state index in [1.54, 1.807) is 6.07 Å². The molecule has 0 bridgehead atoms. The molecule has 4 rings (SSSR count). The van der Waals surface area contributed by atoms with E-state index in [-0.39, 0.29) is 16.1 Å². The van der Waals surface area contributed by atoms with Gasteiger partial charge in [-0.05, 0) is 49.6 Å². The van der Waals surface area contributed by atoms with Gasteiger partial charge in [-0.1, -0.05) is 54.4 Å². The molecule has 9 heteroatoms. The Hall–Kier alpha value is -2.00. The van der Waals surface area contributed by atoms with Gasteiger partial charge in [0.05, 0.1) is 4.90 Å². The minimum absolute atomic E-state index is 0.0656. The van der Waals surface area contributed by atoms with Crippen LogP contribution in [0.2, 0.25) is 5.02 Å². The number of piperidine rings is 1. The van der Waals surface area contributed by atoms with Gasteiger partial charge >= 0.3 is 0 Å². The van der Waals surface area contributed by atoms with Crippen LogP contribution in [0.3, 0.4) is 0 Å². The summed E-state index contributed by atoms with van der Waals surface area (Å²) in [6, 6.07) is 15.8. The first-order valence-corrected chi connectivity index (χ1v) is 12.5. The third kappa shape index (κ3) is 4.51. The van der Waals surface area contributed by atoms with Crippen molar-refractivity contribution in [2.75, 3.05) is 11.3 Å². The molecular formula is C21H23ClN4O2S2. The molecule has 3 aromatic rings. The topological polar surface area (TPSA) is 75.2 Å². The van der Waals surface area contributed by atoms with Gasteiger partial charge in [-0.2, -0.15) is 4.37 Å². The summed E-state index contributed by atoms with van der Waals surface area (Å²) in [5.74, 6) is 0. The number of halogens is 1. The van der Waals surface area contributed by atoms with Crippen LogP contribution in [-0.4, -0.2) is 29.2 Å². The number of hydrogen-bond acceptors (Lipinski definition) is 6. The van der Waals surface area contributed by atoms with Crippen molar-refractivity contribution in [3.05, 3.63) is 71.0 Å². The predicted molar refractivity (Wildman–Crippen MR) is 120 cm³/mol. The minimum Gasteiger partial charge on any atom is -0.290 e. The summed E-state index contributed by atoms with van der Waals surface area (Å²) in [6.45, 7) is 3.12. The van der Waals surface area contributed by atoms with E-state index < -0.39 is 10.0 Å². The lowest BCUT2D eigenvalue weighted by Crippen LogP contribution is -2.35. The Balaban J connectivity index is 1.59. The molecule has 1 saturated heterocycles. The standard InChI is InChI=1S/C21H23ClN4O2S2/c1-15(26-12-6-5-9-20(26)16-7-3-2-4-8-16)18-11-10-17(13-19(18)22)30(27,28)25-21-23-14-24-29-21/h2-4,7-8,10-11,13-15,20H,5-6,9,12H2,1H3,(H,23,24,25)/t15-,20?/m1/s1. The predicted octanol–water partition coefficient (Wildman–Crippen LogP) is 5.28. The van der Waals surface area contributed by atoms with Gasteiger partial charge in [0.25, 0.3) is 10.0 Å². The first kappa shape index (κ1) is 21.2. The number of anilines is 1. The van der Waals surface area contributed by atoms with Crippen molar-refractivity contribution in [2.45, 2.75) is 43.2 Å². The Bertz CT molecular complexity index is 1090. The molecule has 2 atom stereocenters. The molecule has 0 amide bonds. The van der Waals surface area contributed by atoms with E-state index in [4.69, 9.17) is 11.6 Å². The van der Waals surface area contributed by atoms with Crippen LogP contribution in [0.15, 0.2) is 59.8 Å². The number of nitrogens with zero attached hydrogens (tertiary/aromatic N) is 3. The number of aromatic nitrogens is 2. The second-order valence-corrected chi connectivity index (χ2v) is 10.2. The van der Waals surface area contributed by atoms with Crippen molar-refractivity contribution < 1.29 is 8.42 Å². The first-order valence-electron chi connectivity index (χ1n) is 9.85. The van der Waals surface area contributed by atoms with Crippen LogP contribution in [0.5, 0.6) is 0 Å². The number of sulfonamides is 1. The lowest BCUT2D eigenvalue weighted by Gasteiger charge is -2.40. The van der Waals surface area contributed by atoms with E-state index in [2.05, 4.69) is 50.2 Å². The van der Waals surface area contributed by atoms with Crippen molar-refractivity contribution >= 4 is 38.3 Å². The minimum atomic E-state index is -3.77. The SMILES string of the molecule is C[C@H](c1ccc(S(=O)(=O)Nc2ncns2)cc1Cl)N1CCCCC1c1ccccc1. The van der Waals surface area contributed by atoms with Crippen LogP contribution in [0.25, 0.3) is 0 Å². The zero-order valence-corrected chi connectivity index (χ0v) is 18.9. The fourth-order valence-electron chi connectivity index (χ4n) is 4.04. The third-order valence-electron chi connectivity index (χ3n) is 5.54. The van der Waals surface area contributed by atoms with Crippen molar-refractivity contribution in [1.82, 2.24) is 14.3 Å². The lowest BCUT2D eigenvalue weighted by atomic mass is 9.92. The van der Waals surface area contributed by atoms with Crippen molar-refractivity contribution in [3.63, 3.8) is 0 Å². The molecule has 1 fully saturated rings. The van der Waals surface area contributed by atoms with Crippen LogP contribution in [-0.2, 0) is 10.0 Å². The molecule has 0 radical (unpaired) electrons. The van der Waals surface area contributed by atoms with E-state index in [0.29, 0.717) is 11.1 Å². The Morgan fingerprint density at radius 1 is 1.20 bits per heavy atom. The van der Waals surface area contributed by atoms with E-state index >= 15 is 0 Å². The molecule has 6 nitrogen and oxygen atoms in total. The second-order valence-electron chi connectivity index (χ2n) is 7.37. The molecule has 0 aliphatic carbocycles. The Morgan fingerprint density at radius 3 is 2.70 bits per heavy atom. The maximum Gasteiger partial charge on any atom is 0.263 e. The average molecular weight is 463 g/mol. The zero-order valence-electron chi connectivity index (χ0n) is 16.5. The van der Waals surface area contributed by atoms with Gasteiger partial charge in [-0.3, -0.25) is 9.62 Å². The quantitative estimate of drug-likeness (QED) is 0.539. The van der Waals surface area contributed by atoms with E-state index in [9.17, 15) is 8.42 Å². The first-order chi connectivity index (χ1) is 14.5. The highest BCUT2D eigenvalue weighted by Crippen LogP contribution is 2.39. The fraction of sp³-hybridized carbons (Fsp3) is 0.333. The Morgan fingerprint density at radius 2 is 2.00 bits per heavy atom. The monoisotopic (exact) mass is 462 g/mol. The molecule has 158 valence electrons. The molecule has 2 heterocycles. The molecule has 0 spiro atoms. The maximum absolute atomic E-state index is 12.6. The van der Waals surface area contributed by atoms with Crippen LogP contribution in [0.1, 0.15) is 49.4 Å². The number of hydrogen-bond donors (Lipinski definition) is 1. The van der Waals surface area contributed by atoms with Gasteiger partial charge < -0.3 is 0 Å². The molecule has 1 aromatic heterocycles. The van der Waals surface area contributed by atoms with Gasteiger partial charge in [0.1, 0.15) is 6.33 Å². The fourth-order valence-corrected chi connectivity index (χ4v) is 6.13. The third-order valence-corrected chi connectivity index (χ3v) is 7.91. The second kappa shape index (κ2) is 9.01. The van der Waals surface area contributed by atoms with E-state index in [0.717, 1.165) is 36.5 Å². The summed E-state index contributed by atoms with van der Waals surface area (Å²) in [5, 5.41) is 0.669. The average Bonchev–Trinajstić information content (AvgIpc) is 3.26. The van der Waals surface area contributed by atoms with Crippen molar-refractivity contribution in [3.8, 4) is 0 Å². The molecule has 0 saturated carbocycles. The summed E-state index contributed by atoms with van der Waals surface area (Å²) >= 11 is 7.56. The summed E-state index contributed by atoms with van der Waals surface area (Å²) in [5.41, 5.74) is 2.23. The molecule has 1 unspecified atom stereocenters. The number of nitrogens with one attached hydrogen (secondary N) is 1. The van der Waals surface area contributed by atoms with Crippen LogP contribution < -0.4 is 4.72 Å². The molecule has 1 aliphatic heterocycles. The zero-order chi connectivity index (χ0) is 21.1. The highest BCUT2D eigenvalue weighted by Gasteiger charge is 2.30. The van der Waals surface area contributed by atoms with Crippen LogP contribution >= 0.6 is 23.1 Å². The van der Waals surface area contributed by atoms with Gasteiger partial charge in [0.2, 0.25) is 5.13 Å². The van der Waals surface area contributed by atoms with Gasteiger partial charge in [-0.15, -0.1) is 0 Å². The molecule has 1 N–H and O–H groups in total. The maximum atomic E-state index is 12.6. The summed E-state index contributed by atoms with van der Waals surface area (Å²) in [6.07, 6.45) is 4.75.